The molecule has 0 bridgehead atoms. The lowest BCUT2D eigenvalue weighted by molar-refractivity contribution is -0.113. The Morgan fingerprint density at radius 2 is 2.03 bits per heavy atom. The van der Waals surface area contributed by atoms with Gasteiger partial charge in [0.15, 0.2) is 0 Å². The Bertz CT molecular complexity index is 1050. The molecular weight excluding hydrogens is 470 g/mol. The van der Waals surface area contributed by atoms with Crippen LogP contribution in [-0.2, 0) is 4.79 Å². The number of nitrogens with zero attached hydrogens (tertiary/aromatic N) is 4. The number of amides is 1. The normalized spacial score (nSPS) is 11.2. The average Bonchev–Trinajstić information content (AvgIpc) is 3.10. The van der Waals surface area contributed by atoms with Gasteiger partial charge >= 0.3 is 0 Å². The van der Waals surface area contributed by atoms with Crippen molar-refractivity contribution in [2.24, 2.45) is 5.10 Å². The molecule has 0 aliphatic carbocycles. The van der Waals surface area contributed by atoms with Crippen molar-refractivity contribution in [3.63, 3.8) is 0 Å². The van der Waals surface area contributed by atoms with Gasteiger partial charge in [-0.1, -0.05) is 33.8 Å². The molecule has 3 rings (SSSR count). The maximum Gasteiger partial charge on any atom is 0.264 e. The second-order valence-corrected chi connectivity index (χ2v) is 7.92. The number of nitrogens with one attached hydrogen (secondary N) is 2. The van der Waals surface area contributed by atoms with Crippen molar-refractivity contribution < 1.29 is 9.53 Å². The van der Waals surface area contributed by atoms with Gasteiger partial charge in [0.05, 0.1) is 18.6 Å². The van der Waals surface area contributed by atoms with E-state index in [-0.39, 0.29) is 17.6 Å². The van der Waals surface area contributed by atoms with Crippen molar-refractivity contribution in [2.75, 3.05) is 29.4 Å². The van der Waals surface area contributed by atoms with Crippen LogP contribution in [0.25, 0.3) is 0 Å². The predicted octanol–water partition coefficient (Wildman–Crippen LogP) is 3.33. The molecule has 1 aromatic heterocycles. The van der Waals surface area contributed by atoms with Gasteiger partial charge < -0.3 is 15.9 Å². The van der Waals surface area contributed by atoms with Gasteiger partial charge in [-0.2, -0.15) is 5.10 Å². The smallest absolute Gasteiger partial charge is 0.264 e. The molecule has 30 heavy (non-hydrogen) atoms. The third kappa shape index (κ3) is 5.74. The van der Waals surface area contributed by atoms with E-state index in [1.165, 1.54) is 16.4 Å². The van der Waals surface area contributed by atoms with E-state index in [0.29, 0.717) is 10.8 Å². The zero-order valence-corrected chi connectivity index (χ0v) is 18.7. The van der Waals surface area contributed by atoms with Gasteiger partial charge in [0.2, 0.25) is 11.1 Å². The highest BCUT2D eigenvalue weighted by atomic mass is 79.9. The second-order valence-electron chi connectivity index (χ2n) is 6.06. The number of carbonyl (C=O) groups is 1. The van der Waals surface area contributed by atoms with Gasteiger partial charge in [-0.3, -0.25) is 4.79 Å². The monoisotopic (exact) mass is 489 g/mol. The fourth-order valence-electron chi connectivity index (χ4n) is 2.38. The van der Waals surface area contributed by atoms with Crippen LogP contribution in [0.5, 0.6) is 5.75 Å². The zero-order valence-electron chi connectivity index (χ0n) is 16.3. The molecule has 0 radical (unpaired) electrons. The largest absolute Gasteiger partial charge is 0.497 e. The van der Waals surface area contributed by atoms with Gasteiger partial charge in [0, 0.05) is 10.2 Å². The van der Waals surface area contributed by atoms with E-state index in [2.05, 4.69) is 42.0 Å². The Kier molecular flexibility index (Phi) is 7.31. The molecule has 3 aromatic rings. The summed E-state index contributed by atoms with van der Waals surface area (Å²) < 4.78 is 7.29. The predicted molar refractivity (Wildman–Crippen MR) is 122 cm³/mol. The molecule has 0 fully saturated rings. The molecule has 0 saturated carbocycles. The van der Waals surface area contributed by atoms with Gasteiger partial charge in [-0.15, -0.1) is 10.2 Å². The van der Waals surface area contributed by atoms with E-state index in [1.54, 1.807) is 7.11 Å². The number of ether oxygens (including phenoxy) is 1. The highest BCUT2D eigenvalue weighted by Crippen LogP contribution is 2.19. The summed E-state index contributed by atoms with van der Waals surface area (Å²) in [5.41, 5.74) is 5.16. The Morgan fingerprint density at radius 3 is 2.73 bits per heavy atom. The number of hydrazone groups is 1. The number of halogens is 1. The Balaban J connectivity index is 1.56. The second kappa shape index (κ2) is 10.1. The van der Waals surface area contributed by atoms with Gasteiger partial charge in [0.1, 0.15) is 5.75 Å². The summed E-state index contributed by atoms with van der Waals surface area (Å²) in [6.07, 6.45) is 0. The summed E-state index contributed by atoms with van der Waals surface area (Å²) in [6, 6.07) is 14.9. The van der Waals surface area contributed by atoms with E-state index in [4.69, 9.17) is 10.6 Å². The number of nitrogens with two attached hydrogens (primary N) is 1. The van der Waals surface area contributed by atoms with Gasteiger partial charge in [0.25, 0.3) is 5.95 Å². The number of carbonyl (C=O) groups excluding carboxylic acids is 1. The summed E-state index contributed by atoms with van der Waals surface area (Å²) in [4.78, 5) is 12.1. The number of hydrogen-bond acceptors (Lipinski definition) is 8. The first-order valence-electron chi connectivity index (χ1n) is 8.79. The lowest BCUT2D eigenvalue weighted by Gasteiger charge is -2.06. The Hall–Kier alpha value is -3.05. The third-order valence-corrected chi connectivity index (χ3v) is 5.37. The average molecular weight is 490 g/mol. The van der Waals surface area contributed by atoms with Crippen molar-refractivity contribution in [3.05, 3.63) is 58.6 Å². The van der Waals surface area contributed by atoms with Crippen molar-refractivity contribution in [1.29, 1.82) is 0 Å². The molecule has 9 nitrogen and oxygen atoms in total. The van der Waals surface area contributed by atoms with E-state index in [1.807, 2.05) is 55.5 Å². The molecule has 0 atom stereocenters. The number of nitrogen functional groups attached to an aromatic ring is 1. The molecule has 0 unspecified atom stereocenters. The minimum Gasteiger partial charge on any atom is -0.497 e. The van der Waals surface area contributed by atoms with E-state index in [9.17, 15) is 4.79 Å². The molecule has 0 saturated heterocycles. The van der Waals surface area contributed by atoms with Gasteiger partial charge in [-0.25, -0.2) is 10.1 Å². The first-order chi connectivity index (χ1) is 14.5. The number of aromatic nitrogens is 3. The molecule has 1 heterocycles. The lowest BCUT2D eigenvalue weighted by Crippen LogP contribution is -2.17. The SMILES string of the molecule is COc1ccc(/C(C)=N/Nc2nnc(SCC(=O)Nc3cccc(Br)c3)n2N)cc1. The third-order valence-electron chi connectivity index (χ3n) is 3.94. The minimum absolute atomic E-state index is 0.135. The highest BCUT2D eigenvalue weighted by Gasteiger charge is 2.12. The number of benzene rings is 2. The van der Waals surface area contributed by atoms with Crippen LogP contribution in [0, 0.1) is 0 Å². The van der Waals surface area contributed by atoms with Crippen LogP contribution in [0.1, 0.15) is 12.5 Å². The molecule has 4 N–H and O–H groups in total. The minimum atomic E-state index is -0.177. The number of anilines is 2. The first-order valence-corrected chi connectivity index (χ1v) is 10.6. The summed E-state index contributed by atoms with van der Waals surface area (Å²) in [6.45, 7) is 1.86. The molecule has 11 heteroatoms. The topological polar surface area (TPSA) is 119 Å². The molecule has 2 aromatic carbocycles. The van der Waals surface area contributed by atoms with Crippen LogP contribution in [0.3, 0.4) is 0 Å². The summed E-state index contributed by atoms with van der Waals surface area (Å²) in [7, 11) is 1.62. The van der Waals surface area contributed by atoms with Gasteiger partial charge in [-0.05, 0) is 55.0 Å². The van der Waals surface area contributed by atoms with Crippen LogP contribution < -0.4 is 21.3 Å². The standard InChI is InChI=1S/C19H20BrN7O2S/c1-12(13-6-8-16(29-2)9-7-13)23-24-18-25-26-19(27(18)21)30-11-17(28)22-15-5-3-4-14(20)10-15/h3-10H,11,21H2,1-2H3,(H,22,28)(H,24,25)/b23-12+. The molecular formula is C19H20BrN7O2S. The van der Waals surface area contributed by atoms with Crippen LogP contribution in [0.4, 0.5) is 11.6 Å². The first kappa shape index (κ1) is 21.7. The maximum absolute atomic E-state index is 12.1. The number of hydrogen-bond donors (Lipinski definition) is 3. The molecule has 1 amide bonds. The maximum atomic E-state index is 12.1. The Morgan fingerprint density at radius 1 is 1.27 bits per heavy atom. The van der Waals surface area contributed by atoms with Crippen molar-refractivity contribution in [3.8, 4) is 5.75 Å². The zero-order chi connectivity index (χ0) is 21.5. The van der Waals surface area contributed by atoms with E-state index in [0.717, 1.165) is 21.5 Å². The van der Waals surface area contributed by atoms with Crippen LogP contribution >= 0.6 is 27.7 Å². The molecule has 0 aliphatic heterocycles. The fourth-order valence-corrected chi connectivity index (χ4v) is 3.43. The molecule has 0 spiro atoms. The fraction of sp³-hybridized carbons (Fsp3) is 0.158. The van der Waals surface area contributed by atoms with Crippen molar-refractivity contribution in [2.45, 2.75) is 12.1 Å². The summed E-state index contributed by atoms with van der Waals surface area (Å²) in [5.74, 6) is 7.00. The number of methoxy groups -OCH3 is 1. The van der Waals surface area contributed by atoms with Crippen molar-refractivity contribution >= 4 is 50.9 Å². The summed E-state index contributed by atoms with van der Waals surface area (Å²) in [5, 5.41) is 15.5. The number of thioether (sulfide) groups is 1. The van der Waals surface area contributed by atoms with Crippen LogP contribution in [0.2, 0.25) is 0 Å². The summed E-state index contributed by atoms with van der Waals surface area (Å²) >= 11 is 4.54. The quantitative estimate of drug-likeness (QED) is 0.192. The van der Waals surface area contributed by atoms with Crippen molar-refractivity contribution in [1.82, 2.24) is 14.9 Å². The Labute approximate surface area is 186 Å². The lowest BCUT2D eigenvalue weighted by atomic mass is 10.1. The molecule has 156 valence electrons. The van der Waals surface area contributed by atoms with E-state index < -0.39 is 0 Å². The van der Waals surface area contributed by atoms with Crippen LogP contribution in [0.15, 0.2) is 63.3 Å². The molecule has 0 aliphatic rings. The highest BCUT2D eigenvalue weighted by molar-refractivity contribution is 9.10. The van der Waals surface area contributed by atoms with E-state index >= 15 is 0 Å². The van der Waals surface area contributed by atoms with Crippen LogP contribution in [-0.4, -0.2) is 39.4 Å². The number of rotatable bonds is 8.